The number of rotatable bonds is 4. The molecular weight excluding hydrogens is 240 g/mol. The Bertz CT molecular complexity index is 487. The third-order valence-electron chi connectivity index (χ3n) is 2.74. The van der Waals surface area contributed by atoms with Crippen LogP contribution >= 0.6 is 0 Å². The summed E-state index contributed by atoms with van der Waals surface area (Å²) in [6.45, 7) is 2.93. The maximum absolute atomic E-state index is 11.8. The van der Waals surface area contributed by atoms with E-state index >= 15 is 0 Å². The minimum Gasteiger partial charge on any atom is -0.286 e. The van der Waals surface area contributed by atoms with Gasteiger partial charge in [0.25, 0.3) is 0 Å². The standard InChI is InChI=1S/C11H16N2O3S/c1-2-16-12-17(14,15)13-8-7-10-5-3-4-6-11(10)9-13/h3-6,12H,2,7-9H2,1H3. The summed E-state index contributed by atoms with van der Waals surface area (Å²) in [6, 6.07) is 7.89. The smallest absolute Gasteiger partial charge is 0.286 e. The van der Waals surface area contributed by atoms with Crippen molar-refractivity contribution in [3.05, 3.63) is 35.4 Å². The summed E-state index contributed by atoms with van der Waals surface area (Å²) in [7, 11) is -3.53. The lowest BCUT2D eigenvalue weighted by Gasteiger charge is -2.27. The Labute approximate surface area is 102 Å². The predicted molar refractivity (Wildman–Crippen MR) is 64.2 cm³/mol. The minimum absolute atomic E-state index is 0.309. The summed E-state index contributed by atoms with van der Waals surface area (Å²) in [5, 5.41) is 0. The van der Waals surface area contributed by atoms with Gasteiger partial charge in [-0.15, -0.1) is 0 Å². The molecule has 0 radical (unpaired) electrons. The molecule has 1 aromatic rings. The summed E-state index contributed by atoms with van der Waals surface area (Å²) >= 11 is 0. The third kappa shape index (κ3) is 2.84. The molecule has 0 fully saturated rings. The van der Waals surface area contributed by atoms with E-state index in [4.69, 9.17) is 4.84 Å². The highest BCUT2D eigenvalue weighted by Gasteiger charge is 2.26. The molecular formula is C11H16N2O3S. The molecule has 17 heavy (non-hydrogen) atoms. The molecule has 0 amide bonds. The van der Waals surface area contributed by atoms with E-state index in [1.807, 2.05) is 24.3 Å². The molecule has 0 bridgehead atoms. The number of hydrogen-bond acceptors (Lipinski definition) is 3. The second-order valence-corrected chi connectivity index (χ2v) is 5.51. The average molecular weight is 256 g/mol. The van der Waals surface area contributed by atoms with E-state index in [9.17, 15) is 8.42 Å². The number of fused-ring (bicyclic) bond motifs is 1. The maximum Gasteiger partial charge on any atom is 0.301 e. The molecule has 0 saturated heterocycles. The zero-order chi connectivity index (χ0) is 12.3. The van der Waals surface area contributed by atoms with E-state index in [1.54, 1.807) is 6.92 Å². The first-order valence-corrected chi connectivity index (χ1v) is 7.03. The molecule has 1 aliphatic heterocycles. The molecule has 1 aromatic carbocycles. The van der Waals surface area contributed by atoms with Gasteiger partial charge in [-0.3, -0.25) is 4.84 Å². The molecule has 94 valence electrons. The Hall–Kier alpha value is -0.950. The fourth-order valence-electron chi connectivity index (χ4n) is 1.86. The van der Waals surface area contributed by atoms with Crippen LogP contribution in [0.25, 0.3) is 0 Å². The zero-order valence-corrected chi connectivity index (χ0v) is 10.5. The summed E-state index contributed by atoms with van der Waals surface area (Å²) in [4.78, 5) is 6.87. The third-order valence-corrected chi connectivity index (χ3v) is 4.06. The van der Waals surface area contributed by atoms with Crippen LogP contribution in [0.15, 0.2) is 24.3 Å². The Kier molecular flexibility index (Phi) is 3.78. The van der Waals surface area contributed by atoms with Crippen molar-refractivity contribution in [2.75, 3.05) is 13.2 Å². The molecule has 0 aromatic heterocycles. The van der Waals surface area contributed by atoms with Crippen LogP contribution < -0.4 is 4.89 Å². The van der Waals surface area contributed by atoms with E-state index in [1.165, 1.54) is 9.87 Å². The normalized spacial score (nSPS) is 16.8. The van der Waals surface area contributed by atoms with Crippen molar-refractivity contribution in [1.82, 2.24) is 9.19 Å². The largest absolute Gasteiger partial charge is 0.301 e. The van der Waals surface area contributed by atoms with Crippen LogP contribution in [0, 0.1) is 0 Å². The van der Waals surface area contributed by atoms with Gasteiger partial charge in [-0.1, -0.05) is 29.2 Å². The van der Waals surface area contributed by atoms with Crippen LogP contribution in [-0.4, -0.2) is 25.9 Å². The van der Waals surface area contributed by atoms with Crippen molar-refractivity contribution in [3.8, 4) is 0 Å². The van der Waals surface area contributed by atoms with Crippen LogP contribution in [0.1, 0.15) is 18.1 Å². The number of nitrogens with one attached hydrogen (secondary N) is 1. The van der Waals surface area contributed by atoms with Gasteiger partial charge in [0.05, 0.1) is 6.61 Å². The van der Waals surface area contributed by atoms with Gasteiger partial charge in [0.1, 0.15) is 0 Å². The van der Waals surface area contributed by atoms with Gasteiger partial charge >= 0.3 is 10.2 Å². The lowest BCUT2D eigenvalue weighted by molar-refractivity contribution is 0.0989. The maximum atomic E-state index is 11.8. The molecule has 2 rings (SSSR count). The first kappa shape index (κ1) is 12.5. The Morgan fingerprint density at radius 2 is 2.06 bits per heavy atom. The van der Waals surface area contributed by atoms with E-state index in [0.717, 1.165) is 12.0 Å². The number of nitrogens with zero attached hydrogens (tertiary/aromatic N) is 1. The van der Waals surface area contributed by atoms with Gasteiger partial charge in [0.15, 0.2) is 0 Å². The van der Waals surface area contributed by atoms with Crippen LogP contribution in [0.2, 0.25) is 0 Å². The Balaban J connectivity index is 2.12. The molecule has 1 N–H and O–H groups in total. The van der Waals surface area contributed by atoms with Gasteiger partial charge < -0.3 is 0 Å². The first-order valence-electron chi connectivity index (χ1n) is 5.59. The van der Waals surface area contributed by atoms with Crippen molar-refractivity contribution in [2.24, 2.45) is 0 Å². The zero-order valence-electron chi connectivity index (χ0n) is 9.72. The van der Waals surface area contributed by atoms with Crippen molar-refractivity contribution in [1.29, 1.82) is 0 Å². The second kappa shape index (κ2) is 5.14. The summed E-state index contributed by atoms with van der Waals surface area (Å²) < 4.78 is 25.1. The quantitative estimate of drug-likeness (QED) is 0.812. The van der Waals surface area contributed by atoms with E-state index in [0.29, 0.717) is 19.7 Å². The van der Waals surface area contributed by atoms with E-state index < -0.39 is 10.2 Å². The molecule has 0 spiro atoms. The highest BCUT2D eigenvalue weighted by atomic mass is 32.2. The lowest BCUT2D eigenvalue weighted by Crippen LogP contribution is -2.43. The summed E-state index contributed by atoms with van der Waals surface area (Å²) in [6.07, 6.45) is 0.739. The van der Waals surface area contributed by atoms with Gasteiger partial charge in [-0.05, 0) is 24.5 Å². The van der Waals surface area contributed by atoms with Gasteiger partial charge in [-0.25, -0.2) is 0 Å². The minimum atomic E-state index is -3.53. The Morgan fingerprint density at radius 1 is 1.35 bits per heavy atom. The SMILES string of the molecule is CCONS(=O)(=O)N1CCc2ccccc2C1. The topological polar surface area (TPSA) is 58.6 Å². The van der Waals surface area contributed by atoms with Crippen LogP contribution in [-0.2, 0) is 28.0 Å². The Morgan fingerprint density at radius 3 is 2.76 bits per heavy atom. The molecule has 5 nitrogen and oxygen atoms in total. The second-order valence-electron chi connectivity index (χ2n) is 3.87. The van der Waals surface area contributed by atoms with Crippen molar-refractivity contribution in [2.45, 2.75) is 19.9 Å². The van der Waals surface area contributed by atoms with Gasteiger partial charge in [-0.2, -0.15) is 12.7 Å². The summed E-state index contributed by atoms with van der Waals surface area (Å²) in [5.41, 5.74) is 2.27. The highest BCUT2D eigenvalue weighted by molar-refractivity contribution is 7.86. The van der Waals surface area contributed by atoms with Gasteiger partial charge in [0.2, 0.25) is 0 Å². The monoisotopic (exact) mass is 256 g/mol. The van der Waals surface area contributed by atoms with E-state index in [2.05, 4.69) is 4.89 Å². The molecule has 1 heterocycles. The van der Waals surface area contributed by atoms with Crippen molar-refractivity contribution in [3.63, 3.8) is 0 Å². The molecule has 0 unspecified atom stereocenters. The molecule has 6 heteroatoms. The average Bonchev–Trinajstić information content (AvgIpc) is 2.36. The van der Waals surface area contributed by atoms with Crippen LogP contribution in [0.4, 0.5) is 0 Å². The summed E-state index contributed by atoms with van der Waals surface area (Å²) in [5.74, 6) is 0. The first-order chi connectivity index (χ1) is 8.13. The highest BCUT2D eigenvalue weighted by Crippen LogP contribution is 2.20. The van der Waals surface area contributed by atoms with Crippen molar-refractivity contribution >= 4 is 10.2 Å². The molecule has 0 atom stereocenters. The van der Waals surface area contributed by atoms with Crippen LogP contribution in [0.3, 0.4) is 0 Å². The van der Waals surface area contributed by atoms with Gasteiger partial charge in [0, 0.05) is 13.1 Å². The molecule has 0 saturated carbocycles. The lowest BCUT2D eigenvalue weighted by atomic mass is 10.0. The van der Waals surface area contributed by atoms with E-state index in [-0.39, 0.29) is 0 Å². The van der Waals surface area contributed by atoms with Crippen LogP contribution in [0.5, 0.6) is 0 Å². The fraction of sp³-hybridized carbons (Fsp3) is 0.455. The van der Waals surface area contributed by atoms with Crippen molar-refractivity contribution < 1.29 is 13.3 Å². The fourth-order valence-corrected chi connectivity index (χ4v) is 2.87. The molecule has 0 aliphatic carbocycles. The number of benzene rings is 1. The molecule has 1 aliphatic rings. The number of hydrogen-bond donors (Lipinski definition) is 1. The predicted octanol–water partition coefficient (Wildman–Crippen LogP) is 0.831.